The molecule has 4 nitrogen and oxygen atoms in total. The molecule has 1 aliphatic rings. The molecule has 0 atom stereocenters. The standard InChI is InChI=1S/C18H16FN3O/c19-15-10-12(13-4-3-5-16-14(13)11-20-21-16)7-8-17(15)22-9-2-1-6-18(22)23/h3-5,7-8,10-11H,1-2,6,9H2,(H,20,21). The third-order valence-corrected chi connectivity index (χ3v) is 4.36. The van der Waals surface area contributed by atoms with Crippen LogP contribution in [0.15, 0.2) is 42.6 Å². The van der Waals surface area contributed by atoms with Crippen LogP contribution < -0.4 is 4.90 Å². The summed E-state index contributed by atoms with van der Waals surface area (Å²) in [7, 11) is 0. The molecular formula is C18H16FN3O. The van der Waals surface area contributed by atoms with Crippen LogP contribution in [0.3, 0.4) is 0 Å². The van der Waals surface area contributed by atoms with Crippen LogP contribution in [0.5, 0.6) is 0 Å². The number of hydrogen-bond donors (Lipinski definition) is 1. The van der Waals surface area contributed by atoms with Gasteiger partial charge in [0.1, 0.15) is 5.82 Å². The van der Waals surface area contributed by atoms with E-state index < -0.39 is 0 Å². The Kier molecular flexibility index (Phi) is 3.33. The molecule has 0 bridgehead atoms. The zero-order valence-corrected chi connectivity index (χ0v) is 12.6. The van der Waals surface area contributed by atoms with Gasteiger partial charge in [0, 0.05) is 18.4 Å². The van der Waals surface area contributed by atoms with Gasteiger partial charge in [0.15, 0.2) is 0 Å². The number of halogens is 1. The zero-order valence-electron chi connectivity index (χ0n) is 12.6. The van der Waals surface area contributed by atoms with Crippen molar-refractivity contribution in [2.45, 2.75) is 19.3 Å². The maximum atomic E-state index is 14.6. The molecule has 5 heteroatoms. The van der Waals surface area contributed by atoms with E-state index in [9.17, 15) is 9.18 Å². The number of piperidine rings is 1. The van der Waals surface area contributed by atoms with Gasteiger partial charge in [0.05, 0.1) is 17.4 Å². The Labute approximate surface area is 132 Å². The highest BCUT2D eigenvalue weighted by atomic mass is 19.1. The van der Waals surface area contributed by atoms with E-state index in [1.165, 1.54) is 6.07 Å². The fourth-order valence-electron chi connectivity index (χ4n) is 3.17. The molecule has 1 N–H and O–H groups in total. The molecule has 2 aromatic carbocycles. The first kappa shape index (κ1) is 13.9. The summed E-state index contributed by atoms with van der Waals surface area (Å²) in [5, 5.41) is 7.91. The number of amides is 1. The van der Waals surface area contributed by atoms with Gasteiger partial charge in [-0.05, 0) is 42.2 Å². The fourth-order valence-corrected chi connectivity index (χ4v) is 3.17. The lowest BCUT2D eigenvalue weighted by Crippen LogP contribution is -2.35. The molecule has 0 saturated carbocycles. The van der Waals surface area contributed by atoms with Crippen LogP contribution in [0.1, 0.15) is 19.3 Å². The van der Waals surface area contributed by atoms with E-state index in [-0.39, 0.29) is 11.7 Å². The zero-order chi connectivity index (χ0) is 15.8. The third kappa shape index (κ3) is 2.38. The van der Waals surface area contributed by atoms with E-state index in [1.807, 2.05) is 24.3 Å². The number of fused-ring (bicyclic) bond motifs is 1. The summed E-state index contributed by atoms with van der Waals surface area (Å²) in [6, 6.07) is 10.9. The van der Waals surface area contributed by atoms with Gasteiger partial charge < -0.3 is 4.90 Å². The van der Waals surface area contributed by atoms with Crippen molar-refractivity contribution in [3.05, 3.63) is 48.4 Å². The molecule has 1 amide bonds. The Balaban J connectivity index is 1.76. The van der Waals surface area contributed by atoms with Gasteiger partial charge in [-0.25, -0.2) is 4.39 Å². The SMILES string of the molecule is O=C1CCCCN1c1ccc(-c2cccc3[nH]ncc23)cc1F. The summed E-state index contributed by atoms with van der Waals surface area (Å²) in [6.07, 6.45) is 4.04. The molecule has 1 aromatic heterocycles. The van der Waals surface area contributed by atoms with Crippen molar-refractivity contribution in [3.63, 3.8) is 0 Å². The molecule has 1 saturated heterocycles. The Morgan fingerprint density at radius 2 is 2.09 bits per heavy atom. The van der Waals surface area contributed by atoms with Gasteiger partial charge in [-0.1, -0.05) is 18.2 Å². The van der Waals surface area contributed by atoms with E-state index in [2.05, 4.69) is 10.2 Å². The topological polar surface area (TPSA) is 49.0 Å². The number of aromatic amines is 1. The van der Waals surface area contributed by atoms with E-state index in [4.69, 9.17) is 0 Å². The van der Waals surface area contributed by atoms with Crippen LogP contribution in [-0.4, -0.2) is 22.6 Å². The van der Waals surface area contributed by atoms with E-state index in [0.29, 0.717) is 18.7 Å². The van der Waals surface area contributed by atoms with Gasteiger partial charge in [-0.3, -0.25) is 9.89 Å². The van der Waals surface area contributed by atoms with Crippen LogP contribution >= 0.6 is 0 Å². The maximum Gasteiger partial charge on any atom is 0.227 e. The highest BCUT2D eigenvalue weighted by Gasteiger charge is 2.22. The van der Waals surface area contributed by atoms with Gasteiger partial charge in [0.25, 0.3) is 0 Å². The fraction of sp³-hybridized carbons (Fsp3) is 0.222. The molecule has 2 heterocycles. The molecule has 0 aliphatic carbocycles. The van der Waals surface area contributed by atoms with E-state index in [1.54, 1.807) is 17.2 Å². The minimum absolute atomic E-state index is 0.000152. The number of anilines is 1. The Bertz CT molecular complexity index is 887. The summed E-state index contributed by atoms with van der Waals surface area (Å²) in [4.78, 5) is 13.5. The lowest BCUT2D eigenvalue weighted by atomic mass is 10.0. The average molecular weight is 309 g/mol. The minimum Gasteiger partial charge on any atom is -0.310 e. The first-order chi connectivity index (χ1) is 11.2. The summed E-state index contributed by atoms with van der Waals surface area (Å²) in [5.41, 5.74) is 2.99. The van der Waals surface area contributed by atoms with Crippen molar-refractivity contribution in [1.82, 2.24) is 10.2 Å². The molecule has 1 fully saturated rings. The van der Waals surface area contributed by atoms with Crippen molar-refractivity contribution in [3.8, 4) is 11.1 Å². The molecule has 23 heavy (non-hydrogen) atoms. The Morgan fingerprint density at radius 3 is 2.91 bits per heavy atom. The Hall–Kier alpha value is -2.69. The molecule has 0 unspecified atom stereocenters. The minimum atomic E-state index is -0.363. The second-order valence-corrected chi connectivity index (χ2v) is 5.81. The van der Waals surface area contributed by atoms with Gasteiger partial charge in [0.2, 0.25) is 5.91 Å². The van der Waals surface area contributed by atoms with Crippen LogP contribution in [0.25, 0.3) is 22.0 Å². The normalized spacial score (nSPS) is 15.3. The summed E-state index contributed by atoms with van der Waals surface area (Å²) < 4.78 is 14.6. The highest BCUT2D eigenvalue weighted by Crippen LogP contribution is 2.32. The van der Waals surface area contributed by atoms with Gasteiger partial charge in [-0.2, -0.15) is 5.10 Å². The number of benzene rings is 2. The van der Waals surface area contributed by atoms with Crippen molar-refractivity contribution in [2.24, 2.45) is 0 Å². The number of rotatable bonds is 2. The number of nitrogens with one attached hydrogen (secondary N) is 1. The Morgan fingerprint density at radius 1 is 1.17 bits per heavy atom. The van der Waals surface area contributed by atoms with Crippen LogP contribution in [0.2, 0.25) is 0 Å². The van der Waals surface area contributed by atoms with Crippen molar-refractivity contribution in [1.29, 1.82) is 0 Å². The first-order valence-corrected chi connectivity index (χ1v) is 7.76. The third-order valence-electron chi connectivity index (χ3n) is 4.36. The average Bonchev–Trinajstić information content (AvgIpc) is 3.04. The van der Waals surface area contributed by atoms with Gasteiger partial charge in [-0.15, -0.1) is 0 Å². The van der Waals surface area contributed by atoms with Gasteiger partial charge >= 0.3 is 0 Å². The summed E-state index contributed by atoms with van der Waals surface area (Å²) >= 11 is 0. The van der Waals surface area contributed by atoms with Crippen LogP contribution in [0, 0.1) is 5.82 Å². The largest absolute Gasteiger partial charge is 0.310 e. The quantitative estimate of drug-likeness (QED) is 0.781. The van der Waals surface area contributed by atoms with Crippen molar-refractivity contribution in [2.75, 3.05) is 11.4 Å². The molecule has 116 valence electrons. The second kappa shape index (κ2) is 5.50. The maximum absolute atomic E-state index is 14.6. The predicted molar refractivity (Wildman–Crippen MR) is 87.7 cm³/mol. The predicted octanol–water partition coefficient (Wildman–Crippen LogP) is 3.89. The number of H-pyrrole nitrogens is 1. The summed E-state index contributed by atoms with van der Waals surface area (Å²) in [5.74, 6) is -0.363. The molecule has 0 spiro atoms. The molecule has 1 aliphatic heterocycles. The van der Waals surface area contributed by atoms with Crippen molar-refractivity contribution < 1.29 is 9.18 Å². The van der Waals surface area contributed by atoms with Crippen LogP contribution in [-0.2, 0) is 4.79 Å². The van der Waals surface area contributed by atoms with Crippen molar-refractivity contribution >= 4 is 22.5 Å². The molecule has 0 radical (unpaired) electrons. The lowest BCUT2D eigenvalue weighted by Gasteiger charge is -2.27. The number of carbonyl (C=O) groups is 1. The monoisotopic (exact) mass is 309 g/mol. The molecular weight excluding hydrogens is 293 g/mol. The van der Waals surface area contributed by atoms with Crippen LogP contribution in [0.4, 0.5) is 10.1 Å². The first-order valence-electron chi connectivity index (χ1n) is 7.76. The van der Waals surface area contributed by atoms with E-state index >= 15 is 0 Å². The molecule has 4 rings (SSSR count). The number of carbonyl (C=O) groups excluding carboxylic acids is 1. The number of nitrogens with zero attached hydrogens (tertiary/aromatic N) is 2. The highest BCUT2D eigenvalue weighted by molar-refractivity contribution is 5.96. The van der Waals surface area contributed by atoms with E-state index in [0.717, 1.165) is 34.9 Å². The summed E-state index contributed by atoms with van der Waals surface area (Å²) in [6.45, 7) is 0.590. The second-order valence-electron chi connectivity index (χ2n) is 5.81. The smallest absolute Gasteiger partial charge is 0.227 e. The lowest BCUT2D eigenvalue weighted by molar-refractivity contribution is -0.119. The number of aromatic nitrogens is 2. The molecule has 3 aromatic rings. The number of hydrogen-bond acceptors (Lipinski definition) is 2.